The molecular formula is C11H15BrN2. The van der Waals surface area contributed by atoms with Crippen LogP contribution in [0.3, 0.4) is 0 Å². The van der Waals surface area contributed by atoms with Crippen molar-refractivity contribution in [3.8, 4) is 0 Å². The van der Waals surface area contributed by atoms with Gasteiger partial charge < -0.3 is 4.90 Å². The quantitative estimate of drug-likeness (QED) is 0.769. The molecule has 1 aromatic heterocycles. The molecule has 0 radical (unpaired) electrons. The molecule has 0 spiro atoms. The van der Waals surface area contributed by atoms with Crippen LogP contribution >= 0.6 is 15.9 Å². The molecule has 0 aliphatic heterocycles. The Morgan fingerprint density at radius 2 is 2.29 bits per heavy atom. The number of anilines is 1. The third-order valence-corrected chi connectivity index (χ3v) is 3.23. The van der Waals surface area contributed by atoms with Crippen LogP contribution in [0.2, 0.25) is 0 Å². The Balaban J connectivity index is 1.99. The second-order valence-electron chi connectivity index (χ2n) is 3.98. The van der Waals surface area contributed by atoms with Gasteiger partial charge in [0, 0.05) is 25.1 Å². The van der Waals surface area contributed by atoms with Gasteiger partial charge in [-0.05, 0) is 30.4 Å². The number of halogens is 1. The molecule has 3 heteroatoms. The number of alkyl halides is 1. The lowest BCUT2D eigenvalue weighted by molar-refractivity contribution is 0.777. The Morgan fingerprint density at radius 1 is 1.50 bits per heavy atom. The van der Waals surface area contributed by atoms with Crippen LogP contribution in [0, 0.1) is 5.92 Å². The molecule has 0 saturated heterocycles. The van der Waals surface area contributed by atoms with E-state index >= 15 is 0 Å². The molecule has 1 fully saturated rings. The van der Waals surface area contributed by atoms with Crippen molar-refractivity contribution in [2.24, 2.45) is 5.92 Å². The normalized spacial score (nSPS) is 15.6. The lowest BCUT2D eigenvalue weighted by Crippen LogP contribution is -2.20. The summed E-state index contributed by atoms with van der Waals surface area (Å²) in [4.78, 5) is 6.67. The minimum Gasteiger partial charge on any atom is -0.359 e. The van der Waals surface area contributed by atoms with E-state index in [1.165, 1.54) is 18.4 Å². The SMILES string of the molecule is CN(CC1CC1)c1ccc(CBr)cn1. The van der Waals surface area contributed by atoms with E-state index in [1.807, 2.05) is 6.20 Å². The molecule has 1 aromatic rings. The molecule has 1 saturated carbocycles. The Hall–Kier alpha value is -0.570. The van der Waals surface area contributed by atoms with Crippen LogP contribution < -0.4 is 4.90 Å². The first-order valence-corrected chi connectivity index (χ1v) is 6.14. The van der Waals surface area contributed by atoms with E-state index in [0.29, 0.717) is 0 Å². The van der Waals surface area contributed by atoms with E-state index in [0.717, 1.165) is 23.6 Å². The lowest BCUT2D eigenvalue weighted by Gasteiger charge is -2.17. The molecular weight excluding hydrogens is 240 g/mol. The van der Waals surface area contributed by atoms with E-state index < -0.39 is 0 Å². The number of hydrogen-bond acceptors (Lipinski definition) is 2. The highest BCUT2D eigenvalue weighted by molar-refractivity contribution is 9.08. The van der Waals surface area contributed by atoms with Gasteiger partial charge in [0.25, 0.3) is 0 Å². The molecule has 0 atom stereocenters. The summed E-state index contributed by atoms with van der Waals surface area (Å²) in [6.07, 6.45) is 4.72. The van der Waals surface area contributed by atoms with Crippen molar-refractivity contribution in [3.63, 3.8) is 0 Å². The van der Waals surface area contributed by atoms with Gasteiger partial charge in [-0.25, -0.2) is 4.98 Å². The summed E-state index contributed by atoms with van der Waals surface area (Å²) >= 11 is 3.42. The fourth-order valence-corrected chi connectivity index (χ4v) is 1.83. The first-order chi connectivity index (χ1) is 6.79. The first-order valence-electron chi connectivity index (χ1n) is 5.01. The molecule has 1 aliphatic carbocycles. The van der Waals surface area contributed by atoms with Crippen LogP contribution in [0.4, 0.5) is 5.82 Å². The number of aromatic nitrogens is 1. The van der Waals surface area contributed by atoms with Crippen molar-refractivity contribution < 1.29 is 0 Å². The summed E-state index contributed by atoms with van der Waals surface area (Å²) in [5.41, 5.74) is 1.23. The maximum Gasteiger partial charge on any atom is 0.128 e. The summed E-state index contributed by atoms with van der Waals surface area (Å²) in [5, 5.41) is 0.882. The Morgan fingerprint density at radius 3 is 2.79 bits per heavy atom. The summed E-state index contributed by atoms with van der Waals surface area (Å²) in [6, 6.07) is 4.22. The van der Waals surface area contributed by atoms with Crippen molar-refractivity contribution in [1.82, 2.24) is 4.98 Å². The molecule has 14 heavy (non-hydrogen) atoms. The van der Waals surface area contributed by atoms with Gasteiger partial charge in [0.1, 0.15) is 5.82 Å². The van der Waals surface area contributed by atoms with E-state index in [4.69, 9.17) is 0 Å². The smallest absolute Gasteiger partial charge is 0.128 e. The predicted molar refractivity (Wildman–Crippen MR) is 62.9 cm³/mol. The van der Waals surface area contributed by atoms with E-state index in [1.54, 1.807) is 0 Å². The highest BCUT2D eigenvalue weighted by Crippen LogP contribution is 2.30. The summed E-state index contributed by atoms with van der Waals surface area (Å²) < 4.78 is 0. The topological polar surface area (TPSA) is 16.1 Å². The molecule has 1 aliphatic rings. The number of rotatable bonds is 4. The van der Waals surface area contributed by atoms with Crippen LogP contribution in [-0.4, -0.2) is 18.6 Å². The van der Waals surface area contributed by atoms with E-state index in [9.17, 15) is 0 Å². The number of pyridine rings is 1. The third-order valence-electron chi connectivity index (χ3n) is 2.58. The van der Waals surface area contributed by atoms with Gasteiger partial charge in [-0.3, -0.25) is 0 Å². The standard InChI is InChI=1S/C11H15BrN2/c1-14(8-9-2-3-9)11-5-4-10(6-12)7-13-11/h4-5,7,9H,2-3,6,8H2,1H3. The van der Waals surface area contributed by atoms with Crippen LogP contribution in [0.15, 0.2) is 18.3 Å². The van der Waals surface area contributed by atoms with Crippen molar-refractivity contribution in [3.05, 3.63) is 23.9 Å². The highest BCUT2D eigenvalue weighted by atomic mass is 79.9. The molecule has 0 N–H and O–H groups in total. The second kappa shape index (κ2) is 4.30. The summed E-state index contributed by atoms with van der Waals surface area (Å²) in [5.74, 6) is 2.00. The van der Waals surface area contributed by atoms with Crippen LogP contribution in [-0.2, 0) is 5.33 Å². The van der Waals surface area contributed by atoms with E-state index in [-0.39, 0.29) is 0 Å². The molecule has 0 amide bonds. The van der Waals surface area contributed by atoms with Gasteiger partial charge in [0.15, 0.2) is 0 Å². The molecule has 76 valence electrons. The summed E-state index contributed by atoms with van der Waals surface area (Å²) in [6.45, 7) is 1.15. The minimum atomic E-state index is 0.882. The molecule has 2 rings (SSSR count). The number of nitrogens with zero attached hydrogens (tertiary/aromatic N) is 2. The zero-order valence-electron chi connectivity index (χ0n) is 8.41. The van der Waals surface area contributed by atoms with Crippen LogP contribution in [0.25, 0.3) is 0 Å². The zero-order valence-corrected chi connectivity index (χ0v) is 10.00. The summed E-state index contributed by atoms with van der Waals surface area (Å²) in [7, 11) is 2.12. The molecule has 0 bridgehead atoms. The second-order valence-corrected chi connectivity index (χ2v) is 4.54. The maximum absolute atomic E-state index is 4.43. The Bertz CT molecular complexity index is 293. The molecule has 1 heterocycles. The monoisotopic (exact) mass is 254 g/mol. The van der Waals surface area contributed by atoms with Crippen molar-refractivity contribution in [2.75, 3.05) is 18.5 Å². The van der Waals surface area contributed by atoms with Crippen LogP contribution in [0.5, 0.6) is 0 Å². The van der Waals surface area contributed by atoms with Gasteiger partial charge in [0.2, 0.25) is 0 Å². The fourth-order valence-electron chi connectivity index (χ4n) is 1.50. The van der Waals surface area contributed by atoms with Gasteiger partial charge in [-0.15, -0.1) is 0 Å². The van der Waals surface area contributed by atoms with Gasteiger partial charge >= 0.3 is 0 Å². The van der Waals surface area contributed by atoms with Crippen molar-refractivity contribution >= 4 is 21.7 Å². The third kappa shape index (κ3) is 2.47. The average Bonchev–Trinajstić information content (AvgIpc) is 3.02. The zero-order chi connectivity index (χ0) is 9.97. The minimum absolute atomic E-state index is 0.882. The van der Waals surface area contributed by atoms with Gasteiger partial charge in [0.05, 0.1) is 0 Å². The van der Waals surface area contributed by atoms with Gasteiger partial charge in [-0.2, -0.15) is 0 Å². The fraction of sp³-hybridized carbons (Fsp3) is 0.545. The molecule has 0 aromatic carbocycles. The Kier molecular flexibility index (Phi) is 3.06. The molecule has 0 unspecified atom stereocenters. The predicted octanol–water partition coefficient (Wildman–Crippen LogP) is 2.82. The molecule has 2 nitrogen and oxygen atoms in total. The van der Waals surface area contributed by atoms with Gasteiger partial charge in [-0.1, -0.05) is 22.0 Å². The lowest BCUT2D eigenvalue weighted by atomic mass is 10.3. The van der Waals surface area contributed by atoms with Crippen molar-refractivity contribution in [2.45, 2.75) is 18.2 Å². The van der Waals surface area contributed by atoms with Crippen LogP contribution in [0.1, 0.15) is 18.4 Å². The first kappa shape index (κ1) is 9.97. The average molecular weight is 255 g/mol. The van der Waals surface area contributed by atoms with Crippen molar-refractivity contribution in [1.29, 1.82) is 0 Å². The highest BCUT2D eigenvalue weighted by Gasteiger charge is 2.23. The Labute approximate surface area is 93.5 Å². The largest absolute Gasteiger partial charge is 0.359 e. The maximum atomic E-state index is 4.43. The number of hydrogen-bond donors (Lipinski definition) is 0. The van der Waals surface area contributed by atoms with E-state index in [2.05, 4.69) is 45.0 Å².